The standard InChI is InChI=1S/C10H13N3/c1-4-13-10(2-3-10)9(1)8-5-11-7-12-6-8/h5-7,9,13H,1-4H2. The second-order valence-electron chi connectivity index (χ2n) is 4.10. The maximum Gasteiger partial charge on any atom is 0.115 e. The maximum atomic E-state index is 4.08. The summed E-state index contributed by atoms with van der Waals surface area (Å²) < 4.78 is 0. The van der Waals surface area contributed by atoms with E-state index in [2.05, 4.69) is 15.3 Å². The summed E-state index contributed by atoms with van der Waals surface area (Å²) in [5, 5.41) is 3.60. The summed E-state index contributed by atoms with van der Waals surface area (Å²) in [6, 6.07) is 0. The summed E-state index contributed by atoms with van der Waals surface area (Å²) >= 11 is 0. The van der Waals surface area contributed by atoms with E-state index >= 15 is 0 Å². The molecule has 1 unspecified atom stereocenters. The Balaban J connectivity index is 1.93. The van der Waals surface area contributed by atoms with Crippen LogP contribution < -0.4 is 5.32 Å². The van der Waals surface area contributed by atoms with E-state index in [0.717, 1.165) is 6.54 Å². The number of hydrogen-bond acceptors (Lipinski definition) is 3. The zero-order valence-electron chi connectivity index (χ0n) is 7.53. The SMILES string of the molecule is c1ncc(C2CCNC23CC3)cn1. The van der Waals surface area contributed by atoms with Crippen molar-refractivity contribution >= 4 is 0 Å². The molecule has 1 aromatic heterocycles. The molecule has 3 heteroatoms. The van der Waals surface area contributed by atoms with Gasteiger partial charge in [0.2, 0.25) is 0 Å². The molecule has 1 N–H and O–H groups in total. The zero-order valence-corrected chi connectivity index (χ0v) is 7.53. The highest BCUT2D eigenvalue weighted by molar-refractivity contribution is 5.26. The minimum atomic E-state index is 0.435. The van der Waals surface area contributed by atoms with Gasteiger partial charge in [0.1, 0.15) is 6.33 Å². The van der Waals surface area contributed by atoms with E-state index in [0.29, 0.717) is 11.5 Å². The summed E-state index contributed by atoms with van der Waals surface area (Å²) in [5.41, 5.74) is 1.75. The Hall–Kier alpha value is -0.960. The molecule has 1 spiro atoms. The summed E-state index contributed by atoms with van der Waals surface area (Å²) in [5.74, 6) is 0.661. The van der Waals surface area contributed by atoms with Crippen molar-refractivity contribution in [1.29, 1.82) is 0 Å². The summed E-state index contributed by atoms with van der Waals surface area (Å²) in [7, 11) is 0. The van der Waals surface area contributed by atoms with Crippen molar-refractivity contribution in [2.45, 2.75) is 30.7 Å². The van der Waals surface area contributed by atoms with E-state index < -0.39 is 0 Å². The molecular weight excluding hydrogens is 162 g/mol. The van der Waals surface area contributed by atoms with Gasteiger partial charge in [-0.25, -0.2) is 9.97 Å². The Morgan fingerprint density at radius 2 is 2.08 bits per heavy atom. The third-order valence-corrected chi connectivity index (χ3v) is 3.35. The Labute approximate surface area is 77.6 Å². The van der Waals surface area contributed by atoms with Gasteiger partial charge in [0.15, 0.2) is 0 Å². The van der Waals surface area contributed by atoms with E-state index in [1.165, 1.54) is 24.8 Å². The van der Waals surface area contributed by atoms with Crippen molar-refractivity contribution in [2.24, 2.45) is 0 Å². The van der Waals surface area contributed by atoms with Crippen molar-refractivity contribution in [3.63, 3.8) is 0 Å². The first-order valence-electron chi connectivity index (χ1n) is 4.91. The highest BCUT2D eigenvalue weighted by atomic mass is 15.1. The smallest absolute Gasteiger partial charge is 0.115 e. The summed E-state index contributed by atoms with van der Waals surface area (Å²) in [4.78, 5) is 8.17. The monoisotopic (exact) mass is 175 g/mol. The molecule has 3 rings (SSSR count). The third kappa shape index (κ3) is 1.07. The highest BCUT2D eigenvalue weighted by Crippen LogP contribution is 2.51. The van der Waals surface area contributed by atoms with Gasteiger partial charge >= 0.3 is 0 Å². The van der Waals surface area contributed by atoms with Gasteiger partial charge in [-0.15, -0.1) is 0 Å². The van der Waals surface area contributed by atoms with E-state index in [1.54, 1.807) is 6.33 Å². The van der Waals surface area contributed by atoms with Gasteiger partial charge in [-0.3, -0.25) is 0 Å². The Morgan fingerprint density at radius 1 is 1.31 bits per heavy atom. The van der Waals surface area contributed by atoms with Gasteiger partial charge in [-0.2, -0.15) is 0 Å². The van der Waals surface area contributed by atoms with Crippen LogP contribution in [0.5, 0.6) is 0 Å². The maximum absolute atomic E-state index is 4.08. The van der Waals surface area contributed by atoms with Crippen molar-refractivity contribution < 1.29 is 0 Å². The molecule has 1 aromatic rings. The van der Waals surface area contributed by atoms with E-state index in [-0.39, 0.29) is 0 Å². The average molecular weight is 175 g/mol. The third-order valence-electron chi connectivity index (χ3n) is 3.35. The predicted molar refractivity (Wildman–Crippen MR) is 49.4 cm³/mol. The van der Waals surface area contributed by atoms with Crippen LogP contribution in [-0.2, 0) is 0 Å². The Kier molecular flexibility index (Phi) is 1.44. The van der Waals surface area contributed by atoms with Crippen LogP contribution in [0.15, 0.2) is 18.7 Å². The van der Waals surface area contributed by atoms with Crippen LogP contribution in [0, 0.1) is 0 Å². The minimum Gasteiger partial charge on any atom is -0.311 e. The normalized spacial score (nSPS) is 29.4. The number of hydrogen-bond donors (Lipinski definition) is 1. The van der Waals surface area contributed by atoms with Gasteiger partial charge in [-0.1, -0.05) is 0 Å². The van der Waals surface area contributed by atoms with Crippen molar-refractivity contribution in [1.82, 2.24) is 15.3 Å². The van der Waals surface area contributed by atoms with E-state index in [9.17, 15) is 0 Å². The van der Waals surface area contributed by atoms with Crippen LogP contribution >= 0.6 is 0 Å². The molecular formula is C10H13N3. The van der Waals surface area contributed by atoms with Crippen LogP contribution in [0.3, 0.4) is 0 Å². The highest BCUT2D eigenvalue weighted by Gasteiger charge is 2.52. The van der Waals surface area contributed by atoms with Gasteiger partial charge in [-0.05, 0) is 31.4 Å². The molecule has 0 bridgehead atoms. The Morgan fingerprint density at radius 3 is 2.77 bits per heavy atom. The van der Waals surface area contributed by atoms with Gasteiger partial charge in [0, 0.05) is 23.9 Å². The first-order chi connectivity index (χ1) is 6.41. The fraction of sp³-hybridized carbons (Fsp3) is 0.600. The molecule has 68 valence electrons. The van der Waals surface area contributed by atoms with Crippen molar-refractivity contribution in [2.75, 3.05) is 6.54 Å². The van der Waals surface area contributed by atoms with E-state index in [4.69, 9.17) is 0 Å². The molecule has 2 fully saturated rings. The number of nitrogens with zero attached hydrogens (tertiary/aromatic N) is 2. The van der Waals surface area contributed by atoms with Crippen LogP contribution in [0.25, 0.3) is 0 Å². The van der Waals surface area contributed by atoms with Crippen LogP contribution in [0.4, 0.5) is 0 Å². The number of rotatable bonds is 1. The quantitative estimate of drug-likeness (QED) is 0.694. The van der Waals surface area contributed by atoms with E-state index in [1.807, 2.05) is 12.4 Å². The molecule has 0 radical (unpaired) electrons. The molecule has 13 heavy (non-hydrogen) atoms. The Bertz CT molecular complexity index is 305. The fourth-order valence-electron chi connectivity index (χ4n) is 2.50. The molecule has 1 saturated carbocycles. The second-order valence-corrected chi connectivity index (χ2v) is 4.10. The van der Waals surface area contributed by atoms with Crippen LogP contribution in [0.1, 0.15) is 30.7 Å². The predicted octanol–water partition coefficient (Wildman–Crippen LogP) is 1.09. The fourth-order valence-corrected chi connectivity index (χ4v) is 2.50. The first kappa shape index (κ1) is 7.44. The zero-order chi connectivity index (χ0) is 8.73. The molecule has 0 aromatic carbocycles. The molecule has 1 atom stereocenters. The van der Waals surface area contributed by atoms with Crippen molar-refractivity contribution in [3.05, 3.63) is 24.3 Å². The molecule has 2 aliphatic rings. The molecule has 0 amide bonds. The van der Waals surface area contributed by atoms with Gasteiger partial charge in [0.05, 0.1) is 0 Å². The summed E-state index contributed by atoms with van der Waals surface area (Å²) in [6.45, 7) is 1.15. The largest absolute Gasteiger partial charge is 0.311 e. The lowest BCUT2D eigenvalue weighted by atomic mass is 9.92. The average Bonchev–Trinajstić information content (AvgIpc) is 2.80. The molecule has 1 aliphatic carbocycles. The van der Waals surface area contributed by atoms with Crippen LogP contribution in [-0.4, -0.2) is 22.1 Å². The van der Waals surface area contributed by atoms with Gasteiger partial charge < -0.3 is 5.32 Å². The lowest BCUT2D eigenvalue weighted by molar-refractivity contribution is 0.532. The number of nitrogens with one attached hydrogen (secondary N) is 1. The minimum absolute atomic E-state index is 0.435. The second kappa shape index (κ2) is 2.51. The van der Waals surface area contributed by atoms with Crippen molar-refractivity contribution in [3.8, 4) is 0 Å². The molecule has 2 heterocycles. The number of aromatic nitrogens is 2. The first-order valence-corrected chi connectivity index (χ1v) is 4.91. The molecule has 1 saturated heterocycles. The summed E-state index contributed by atoms with van der Waals surface area (Å²) in [6.07, 6.45) is 9.42. The molecule has 3 nitrogen and oxygen atoms in total. The van der Waals surface area contributed by atoms with Crippen LogP contribution in [0.2, 0.25) is 0 Å². The van der Waals surface area contributed by atoms with Gasteiger partial charge in [0.25, 0.3) is 0 Å². The lowest BCUT2D eigenvalue weighted by Crippen LogP contribution is -2.27. The topological polar surface area (TPSA) is 37.8 Å². The lowest BCUT2D eigenvalue weighted by Gasteiger charge is -2.17. The molecule has 1 aliphatic heterocycles.